The van der Waals surface area contributed by atoms with Crippen molar-refractivity contribution in [2.24, 2.45) is 5.92 Å². The predicted octanol–water partition coefficient (Wildman–Crippen LogP) is 3.56. The second-order valence-corrected chi connectivity index (χ2v) is 6.91. The SMILES string of the molecule is CCCn1ccnc1C1CCCC1CNC(C)(C)C. The van der Waals surface area contributed by atoms with Gasteiger partial charge in [0, 0.05) is 30.4 Å². The zero-order valence-electron chi connectivity index (χ0n) is 12.9. The molecule has 0 aromatic carbocycles. The minimum Gasteiger partial charge on any atom is -0.335 e. The molecular formula is C16H29N3. The molecule has 0 saturated heterocycles. The fraction of sp³-hybridized carbons (Fsp3) is 0.812. The molecule has 0 aliphatic heterocycles. The van der Waals surface area contributed by atoms with Gasteiger partial charge < -0.3 is 9.88 Å². The van der Waals surface area contributed by atoms with Crippen LogP contribution in [0.5, 0.6) is 0 Å². The van der Waals surface area contributed by atoms with Crippen molar-refractivity contribution in [2.75, 3.05) is 6.54 Å². The van der Waals surface area contributed by atoms with Gasteiger partial charge in [0.15, 0.2) is 0 Å². The van der Waals surface area contributed by atoms with Crippen molar-refractivity contribution in [3.63, 3.8) is 0 Å². The molecule has 19 heavy (non-hydrogen) atoms. The van der Waals surface area contributed by atoms with E-state index in [2.05, 4.69) is 48.8 Å². The van der Waals surface area contributed by atoms with Gasteiger partial charge in [0.1, 0.15) is 5.82 Å². The molecule has 1 N–H and O–H groups in total. The summed E-state index contributed by atoms with van der Waals surface area (Å²) in [6, 6.07) is 0. The smallest absolute Gasteiger partial charge is 0.112 e. The first-order valence-electron chi connectivity index (χ1n) is 7.77. The van der Waals surface area contributed by atoms with Gasteiger partial charge in [-0.25, -0.2) is 4.98 Å². The molecule has 1 heterocycles. The molecule has 1 saturated carbocycles. The summed E-state index contributed by atoms with van der Waals surface area (Å²) in [6.07, 6.45) is 9.29. The Morgan fingerprint density at radius 1 is 1.37 bits per heavy atom. The van der Waals surface area contributed by atoms with E-state index in [0.29, 0.717) is 5.92 Å². The fourth-order valence-corrected chi connectivity index (χ4v) is 3.14. The Kier molecular flexibility index (Phi) is 4.67. The van der Waals surface area contributed by atoms with E-state index in [4.69, 9.17) is 0 Å². The maximum absolute atomic E-state index is 4.65. The number of aromatic nitrogens is 2. The van der Waals surface area contributed by atoms with Crippen molar-refractivity contribution in [1.82, 2.24) is 14.9 Å². The maximum Gasteiger partial charge on any atom is 0.112 e. The van der Waals surface area contributed by atoms with Crippen molar-refractivity contribution in [3.8, 4) is 0 Å². The van der Waals surface area contributed by atoms with E-state index in [-0.39, 0.29) is 5.54 Å². The van der Waals surface area contributed by atoms with Gasteiger partial charge in [0.25, 0.3) is 0 Å². The number of imidazole rings is 1. The van der Waals surface area contributed by atoms with Gasteiger partial charge in [-0.1, -0.05) is 13.3 Å². The Morgan fingerprint density at radius 3 is 2.84 bits per heavy atom. The molecule has 1 aliphatic rings. The lowest BCUT2D eigenvalue weighted by Gasteiger charge is -2.26. The van der Waals surface area contributed by atoms with Crippen molar-refractivity contribution in [3.05, 3.63) is 18.2 Å². The number of rotatable bonds is 5. The summed E-state index contributed by atoms with van der Waals surface area (Å²) in [4.78, 5) is 4.65. The Bertz CT molecular complexity index is 389. The summed E-state index contributed by atoms with van der Waals surface area (Å²) in [5, 5.41) is 3.67. The lowest BCUT2D eigenvalue weighted by Crippen LogP contribution is -2.39. The van der Waals surface area contributed by atoms with Crippen LogP contribution in [0.2, 0.25) is 0 Å². The monoisotopic (exact) mass is 263 g/mol. The van der Waals surface area contributed by atoms with Gasteiger partial charge in [-0.2, -0.15) is 0 Å². The van der Waals surface area contributed by atoms with E-state index >= 15 is 0 Å². The normalized spacial score (nSPS) is 24.0. The number of hydrogen-bond acceptors (Lipinski definition) is 2. The average Bonchev–Trinajstić information content (AvgIpc) is 2.93. The van der Waals surface area contributed by atoms with Crippen LogP contribution in [0.4, 0.5) is 0 Å². The second-order valence-electron chi connectivity index (χ2n) is 6.91. The highest BCUT2D eigenvalue weighted by molar-refractivity contribution is 5.06. The van der Waals surface area contributed by atoms with E-state index in [9.17, 15) is 0 Å². The highest BCUT2D eigenvalue weighted by atomic mass is 15.1. The summed E-state index contributed by atoms with van der Waals surface area (Å²) >= 11 is 0. The largest absolute Gasteiger partial charge is 0.335 e. The van der Waals surface area contributed by atoms with E-state index in [1.54, 1.807) is 0 Å². The lowest BCUT2D eigenvalue weighted by atomic mass is 9.94. The van der Waals surface area contributed by atoms with Crippen LogP contribution in [-0.2, 0) is 6.54 Å². The van der Waals surface area contributed by atoms with Crippen molar-refractivity contribution in [1.29, 1.82) is 0 Å². The molecule has 108 valence electrons. The Labute approximate surface area is 117 Å². The van der Waals surface area contributed by atoms with E-state index in [1.807, 2.05) is 6.20 Å². The number of nitrogens with zero attached hydrogens (tertiary/aromatic N) is 2. The minimum absolute atomic E-state index is 0.214. The Balaban J connectivity index is 2.03. The Hall–Kier alpha value is -0.830. The molecule has 1 aromatic rings. The summed E-state index contributed by atoms with van der Waals surface area (Å²) in [5.74, 6) is 2.72. The third-order valence-electron chi connectivity index (χ3n) is 4.10. The fourth-order valence-electron chi connectivity index (χ4n) is 3.14. The molecule has 0 radical (unpaired) electrons. The highest BCUT2D eigenvalue weighted by Crippen LogP contribution is 2.38. The first-order valence-corrected chi connectivity index (χ1v) is 7.77. The highest BCUT2D eigenvalue weighted by Gasteiger charge is 2.31. The van der Waals surface area contributed by atoms with Gasteiger partial charge in [0.2, 0.25) is 0 Å². The summed E-state index contributed by atoms with van der Waals surface area (Å²) < 4.78 is 2.36. The zero-order chi connectivity index (χ0) is 13.9. The van der Waals surface area contributed by atoms with Crippen LogP contribution in [0.15, 0.2) is 12.4 Å². The quantitative estimate of drug-likeness (QED) is 0.880. The first kappa shape index (κ1) is 14.6. The van der Waals surface area contributed by atoms with Crippen LogP contribution in [0, 0.1) is 5.92 Å². The second kappa shape index (κ2) is 6.08. The van der Waals surface area contributed by atoms with Crippen LogP contribution in [0.25, 0.3) is 0 Å². The topological polar surface area (TPSA) is 29.9 Å². The molecule has 0 bridgehead atoms. The molecule has 2 rings (SSSR count). The molecule has 1 aliphatic carbocycles. The van der Waals surface area contributed by atoms with Gasteiger partial charge in [-0.3, -0.25) is 0 Å². The van der Waals surface area contributed by atoms with E-state index in [1.165, 1.54) is 31.5 Å². The third-order valence-corrected chi connectivity index (χ3v) is 4.10. The third kappa shape index (κ3) is 3.82. The predicted molar refractivity (Wildman–Crippen MR) is 80.4 cm³/mol. The number of nitrogens with one attached hydrogen (secondary N) is 1. The van der Waals surface area contributed by atoms with Gasteiger partial charge in [-0.15, -0.1) is 0 Å². The van der Waals surface area contributed by atoms with Crippen molar-refractivity contribution in [2.45, 2.75) is 71.4 Å². The number of hydrogen-bond donors (Lipinski definition) is 1. The molecule has 0 amide bonds. The van der Waals surface area contributed by atoms with Crippen LogP contribution in [0.1, 0.15) is 65.1 Å². The molecule has 3 nitrogen and oxygen atoms in total. The van der Waals surface area contributed by atoms with Crippen LogP contribution < -0.4 is 5.32 Å². The van der Waals surface area contributed by atoms with Gasteiger partial charge in [0.05, 0.1) is 0 Å². The summed E-state index contributed by atoms with van der Waals surface area (Å²) in [7, 11) is 0. The van der Waals surface area contributed by atoms with E-state index < -0.39 is 0 Å². The zero-order valence-corrected chi connectivity index (χ0v) is 12.9. The van der Waals surface area contributed by atoms with Crippen LogP contribution in [0.3, 0.4) is 0 Å². The molecule has 1 aromatic heterocycles. The van der Waals surface area contributed by atoms with Gasteiger partial charge >= 0.3 is 0 Å². The summed E-state index contributed by atoms with van der Waals surface area (Å²) in [6.45, 7) is 11.2. The number of aryl methyl sites for hydroxylation is 1. The van der Waals surface area contributed by atoms with Crippen molar-refractivity contribution < 1.29 is 0 Å². The van der Waals surface area contributed by atoms with Crippen LogP contribution >= 0.6 is 0 Å². The van der Waals surface area contributed by atoms with Gasteiger partial charge in [-0.05, 0) is 52.5 Å². The van der Waals surface area contributed by atoms with Crippen molar-refractivity contribution >= 4 is 0 Å². The lowest BCUT2D eigenvalue weighted by molar-refractivity contribution is 0.348. The molecule has 2 unspecified atom stereocenters. The minimum atomic E-state index is 0.214. The molecule has 2 atom stereocenters. The standard InChI is InChI=1S/C16H29N3/c1-5-10-19-11-9-17-15(19)14-8-6-7-13(14)12-18-16(2,3)4/h9,11,13-14,18H,5-8,10,12H2,1-4H3. The molecule has 3 heteroatoms. The molecule has 0 spiro atoms. The maximum atomic E-state index is 4.65. The first-order chi connectivity index (χ1) is 9.01. The Morgan fingerprint density at radius 2 is 2.16 bits per heavy atom. The molecular weight excluding hydrogens is 234 g/mol. The average molecular weight is 263 g/mol. The molecule has 1 fully saturated rings. The van der Waals surface area contributed by atoms with Crippen LogP contribution in [-0.4, -0.2) is 21.6 Å². The van der Waals surface area contributed by atoms with E-state index in [0.717, 1.165) is 19.0 Å². The summed E-state index contributed by atoms with van der Waals surface area (Å²) in [5.41, 5.74) is 0.214.